The maximum Gasteiger partial charge on any atom is 0.123 e. The highest BCUT2D eigenvalue weighted by Gasteiger charge is 2.46. The molecule has 1 heterocycles. The molecule has 0 radical (unpaired) electrons. The van der Waals surface area contributed by atoms with Crippen molar-refractivity contribution in [2.24, 2.45) is 0 Å². The quantitative estimate of drug-likeness (QED) is 0.809. The van der Waals surface area contributed by atoms with Gasteiger partial charge in [-0.1, -0.05) is 6.92 Å². The second-order valence-corrected chi connectivity index (χ2v) is 4.13. The molecule has 2 rings (SSSR count). The number of hydrogen-bond donors (Lipinski definition) is 1. The van der Waals surface area contributed by atoms with Crippen molar-refractivity contribution in [3.05, 3.63) is 24.2 Å². The molecular formula is C12H19NO2. The summed E-state index contributed by atoms with van der Waals surface area (Å²) in [4.78, 5) is 0. The summed E-state index contributed by atoms with van der Waals surface area (Å²) in [6.07, 6.45) is 5.20. The number of likely N-dealkylation sites (N-methyl/N-ethyl adjacent to an activating group) is 1. The third-order valence-corrected chi connectivity index (χ3v) is 3.37. The molecule has 84 valence electrons. The monoisotopic (exact) mass is 209 g/mol. The second-order valence-electron chi connectivity index (χ2n) is 4.13. The van der Waals surface area contributed by atoms with E-state index in [1.54, 1.807) is 13.4 Å². The van der Waals surface area contributed by atoms with Crippen LogP contribution in [0.1, 0.15) is 38.0 Å². The molecular weight excluding hydrogens is 190 g/mol. The van der Waals surface area contributed by atoms with Gasteiger partial charge >= 0.3 is 0 Å². The Kier molecular flexibility index (Phi) is 3.12. The predicted molar refractivity (Wildman–Crippen MR) is 58.7 cm³/mol. The molecule has 1 fully saturated rings. The van der Waals surface area contributed by atoms with Crippen LogP contribution in [0.5, 0.6) is 0 Å². The van der Waals surface area contributed by atoms with Gasteiger partial charge < -0.3 is 14.5 Å². The minimum Gasteiger partial charge on any atom is -0.468 e. The van der Waals surface area contributed by atoms with Crippen molar-refractivity contribution in [2.75, 3.05) is 13.7 Å². The molecule has 1 saturated carbocycles. The fourth-order valence-electron chi connectivity index (χ4n) is 2.34. The highest BCUT2D eigenvalue weighted by molar-refractivity contribution is 5.13. The Balaban J connectivity index is 2.19. The van der Waals surface area contributed by atoms with E-state index in [9.17, 15) is 0 Å². The number of furan rings is 1. The van der Waals surface area contributed by atoms with Crippen LogP contribution in [0.15, 0.2) is 22.8 Å². The lowest BCUT2D eigenvalue weighted by atomic mass is 9.73. The van der Waals surface area contributed by atoms with Crippen LogP contribution in [0, 0.1) is 0 Å². The van der Waals surface area contributed by atoms with Gasteiger partial charge in [0, 0.05) is 7.11 Å². The molecule has 0 aromatic carbocycles. The Morgan fingerprint density at radius 3 is 2.80 bits per heavy atom. The molecule has 0 spiro atoms. The summed E-state index contributed by atoms with van der Waals surface area (Å²) in [5.74, 6) is 0.985. The molecule has 1 aromatic heterocycles. The number of ether oxygens (including phenoxy) is 1. The SMILES string of the molecule is CCNC(c1ccco1)C1(OC)CCC1. The van der Waals surface area contributed by atoms with Crippen molar-refractivity contribution in [1.82, 2.24) is 5.32 Å². The number of hydrogen-bond acceptors (Lipinski definition) is 3. The Morgan fingerprint density at radius 1 is 1.60 bits per heavy atom. The fourth-order valence-corrected chi connectivity index (χ4v) is 2.34. The molecule has 0 amide bonds. The van der Waals surface area contributed by atoms with Crippen molar-refractivity contribution < 1.29 is 9.15 Å². The van der Waals surface area contributed by atoms with E-state index in [-0.39, 0.29) is 11.6 Å². The van der Waals surface area contributed by atoms with Crippen molar-refractivity contribution in [1.29, 1.82) is 0 Å². The largest absolute Gasteiger partial charge is 0.468 e. The van der Waals surface area contributed by atoms with Gasteiger partial charge in [0.25, 0.3) is 0 Å². The van der Waals surface area contributed by atoms with E-state index < -0.39 is 0 Å². The number of rotatable bonds is 5. The molecule has 3 heteroatoms. The Hall–Kier alpha value is -0.800. The smallest absolute Gasteiger partial charge is 0.123 e. The van der Waals surface area contributed by atoms with Crippen LogP contribution in [-0.2, 0) is 4.74 Å². The topological polar surface area (TPSA) is 34.4 Å². The number of nitrogens with one attached hydrogen (secondary N) is 1. The molecule has 1 unspecified atom stereocenters. The van der Waals surface area contributed by atoms with Gasteiger partial charge in [-0.2, -0.15) is 0 Å². The number of methoxy groups -OCH3 is 1. The average Bonchev–Trinajstić information content (AvgIpc) is 2.68. The lowest BCUT2D eigenvalue weighted by molar-refractivity contribution is -0.104. The van der Waals surface area contributed by atoms with E-state index >= 15 is 0 Å². The zero-order chi connectivity index (χ0) is 10.7. The summed E-state index contributed by atoms with van der Waals surface area (Å²) in [5.41, 5.74) is -0.0478. The Morgan fingerprint density at radius 2 is 2.40 bits per heavy atom. The summed E-state index contributed by atoms with van der Waals surface area (Å²) in [7, 11) is 1.80. The van der Waals surface area contributed by atoms with Gasteiger partial charge in [0.05, 0.1) is 17.9 Å². The first kappa shape index (κ1) is 10.7. The maximum atomic E-state index is 5.69. The van der Waals surface area contributed by atoms with Crippen LogP contribution in [0.3, 0.4) is 0 Å². The van der Waals surface area contributed by atoms with Crippen molar-refractivity contribution in [3.8, 4) is 0 Å². The molecule has 1 aliphatic carbocycles. The van der Waals surface area contributed by atoms with Gasteiger partial charge in [0.15, 0.2) is 0 Å². The van der Waals surface area contributed by atoms with Gasteiger partial charge in [0.2, 0.25) is 0 Å². The standard InChI is InChI=1S/C12H19NO2/c1-3-13-11(10-6-4-9-15-10)12(14-2)7-5-8-12/h4,6,9,11,13H,3,5,7-8H2,1-2H3. The van der Waals surface area contributed by atoms with Crippen LogP contribution in [0.25, 0.3) is 0 Å². The molecule has 1 aliphatic rings. The molecule has 1 atom stereocenters. The highest BCUT2D eigenvalue weighted by Crippen LogP contribution is 2.44. The Labute approximate surface area is 90.8 Å². The third-order valence-electron chi connectivity index (χ3n) is 3.37. The molecule has 0 bridgehead atoms. The first-order chi connectivity index (χ1) is 7.32. The normalized spacial score (nSPS) is 20.9. The summed E-state index contributed by atoms with van der Waals surface area (Å²) < 4.78 is 11.2. The summed E-state index contributed by atoms with van der Waals surface area (Å²) in [6, 6.07) is 4.14. The molecule has 0 saturated heterocycles. The van der Waals surface area contributed by atoms with E-state index in [0.29, 0.717) is 0 Å². The van der Waals surface area contributed by atoms with Gasteiger partial charge in [-0.3, -0.25) is 0 Å². The summed E-state index contributed by atoms with van der Waals surface area (Å²) in [6.45, 7) is 3.04. The van der Waals surface area contributed by atoms with E-state index in [1.807, 2.05) is 12.1 Å². The van der Waals surface area contributed by atoms with E-state index in [2.05, 4.69) is 12.2 Å². The van der Waals surface area contributed by atoms with Crippen molar-refractivity contribution in [2.45, 2.75) is 37.8 Å². The lowest BCUT2D eigenvalue weighted by Crippen LogP contribution is -2.50. The van der Waals surface area contributed by atoms with E-state index in [0.717, 1.165) is 25.1 Å². The van der Waals surface area contributed by atoms with Crippen LogP contribution in [-0.4, -0.2) is 19.3 Å². The van der Waals surface area contributed by atoms with Crippen LogP contribution in [0.2, 0.25) is 0 Å². The molecule has 3 nitrogen and oxygen atoms in total. The first-order valence-corrected chi connectivity index (χ1v) is 5.64. The van der Waals surface area contributed by atoms with E-state index in [4.69, 9.17) is 9.15 Å². The second kappa shape index (κ2) is 4.37. The minimum atomic E-state index is -0.0478. The minimum absolute atomic E-state index is 0.0478. The van der Waals surface area contributed by atoms with Crippen molar-refractivity contribution in [3.63, 3.8) is 0 Å². The van der Waals surface area contributed by atoms with Gasteiger partial charge in [-0.05, 0) is 37.9 Å². The zero-order valence-corrected chi connectivity index (χ0v) is 9.45. The van der Waals surface area contributed by atoms with Gasteiger partial charge in [-0.25, -0.2) is 0 Å². The third kappa shape index (κ3) is 1.82. The highest BCUT2D eigenvalue weighted by atomic mass is 16.5. The predicted octanol–water partition coefficient (Wildman–Crippen LogP) is 2.50. The maximum absolute atomic E-state index is 5.69. The molecule has 1 aromatic rings. The molecule has 15 heavy (non-hydrogen) atoms. The van der Waals surface area contributed by atoms with Gasteiger partial charge in [0.1, 0.15) is 5.76 Å². The van der Waals surface area contributed by atoms with Crippen LogP contribution >= 0.6 is 0 Å². The molecule has 1 N–H and O–H groups in total. The Bertz CT molecular complexity index is 285. The molecule has 0 aliphatic heterocycles. The fraction of sp³-hybridized carbons (Fsp3) is 0.667. The summed E-state index contributed by atoms with van der Waals surface area (Å²) in [5, 5.41) is 3.46. The van der Waals surface area contributed by atoms with Crippen LogP contribution in [0.4, 0.5) is 0 Å². The van der Waals surface area contributed by atoms with Crippen LogP contribution < -0.4 is 5.32 Å². The first-order valence-electron chi connectivity index (χ1n) is 5.64. The van der Waals surface area contributed by atoms with Crippen molar-refractivity contribution >= 4 is 0 Å². The zero-order valence-electron chi connectivity index (χ0n) is 9.45. The summed E-state index contributed by atoms with van der Waals surface area (Å²) >= 11 is 0. The van der Waals surface area contributed by atoms with Gasteiger partial charge in [-0.15, -0.1) is 0 Å². The lowest BCUT2D eigenvalue weighted by Gasteiger charge is -2.45. The average molecular weight is 209 g/mol. The van der Waals surface area contributed by atoms with E-state index in [1.165, 1.54) is 6.42 Å².